The summed E-state index contributed by atoms with van der Waals surface area (Å²) in [5.74, 6) is -0.455. The van der Waals surface area contributed by atoms with E-state index in [4.69, 9.17) is 0 Å². The fourth-order valence-corrected chi connectivity index (χ4v) is 2.37. The van der Waals surface area contributed by atoms with E-state index in [1.807, 2.05) is 38.1 Å². The summed E-state index contributed by atoms with van der Waals surface area (Å²) in [5, 5.41) is 0. The van der Waals surface area contributed by atoms with Gasteiger partial charge in [0.05, 0.1) is 12.7 Å². The van der Waals surface area contributed by atoms with Crippen LogP contribution in [-0.4, -0.2) is 30.4 Å². The van der Waals surface area contributed by atoms with Crippen molar-refractivity contribution >= 4 is 11.9 Å². The predicted molar refractivity (Wildman–Crippen MR) is 89.4 cm³/mol. The van der Waals surface area contributed by atoms with Gasteiger partial charge >= 0.3 is 5.97 Å². The van der Waals surface area contributed by atoms with E-state index in [0.29, 0.717) is 24.2 Å². The second-order valence-corrected chi connectivity index (χ2v) is 5.31. The molecule has 2 aromatic carbocycles. The maximum atomic E-state index is 12.7. The SMILES string of the molecule is CCN(Cc1ccccc1C)C(=O)c1ccc(C(=O)OC)cc1. The lowest BCUT2D eigenvalue weighted by molar-refractivity contribution is 0.0599. The number of hydrogen-bond donors (Lipinski definition) is 0. The maximum Gasteiger partial charge on any atom is 0.337 e. The molecule has 2 rings (SSSR count). The van der Waals surface area contributed by atoms with Gasteiger partial charge in [-0.05, 0) is 49.2 Å². The first kappa shape index (κ1) is 16.7. The summed E-state index contributed by atoms with van der Waals surface area (Å²) >= 11 is 0. The third-order valence-electron chi connectivity index (χ3n) is 3.84. The lowest BCUT2D eigenvalue weighted by atomic mass is 10.1. The van der Waals surface area contributed by atoms with Gasteiger partial charge in [-0.3, -0.25) is 4.79 Å². The Morgan fingerprint density at radius 2 is 1.61 bits per heavy atom. The Balaban J connectivity index is 2.16. The minimum Gasteiger partial charge on any atom is -0.465 e. The Hall–Kier alpha value is -2.62. The van der Waals surface area contributed by atoms with Gasteiger partial charge in [-0.15, -0.1) is 0 Å². The van der Waals surface area contributed by atoms with E-state index in [2.05, 4.69) is 4.74 Å². The molecular formula is C19H21NO3. The molecule has 0 saturated carbocycles. The smallest absolute Gasteiger partial charge is 0.337 e. The fourth-order valence-electron chi connectivity index (χ4n) is 2.37. The number of rotatable bonds is 5. The van der Waals surface area contributed by atoms with E-state index in [9.17, 15) is 9.59 Å². The molecule has 0 aliphatic rings. The van der Waals surface area contributed by atoms with Crippen LogP contribution in [0.25, 0.3) is 0 Å². The molecule has 0 spiro atoms. The van der Waals surface area contributed by atoms with Gasteiger partial charge in [0, 0.05) is 18.7 Å². The summed E-state index contributed by atoms with van der Waals surface area (Å²) in [5.41, 5.74) is 3.30. The number of benzene rings is 2. The van der Waals surface area contributed by atoms with Gasteiger partial charge in [-0.25, -0.2) is 4.79 Å². The van der Waals surface area contributed by atoms with Crippen LogP contribution in [0.15, 0.2) is 48.5 Å². The number of ether oxygens (including phenoxy) is 1. The number of amides is 1. The standard InChI is InChI=1S/C19H21NO3/c1-4-20(13-17-8-6-5-7-14(17)2)18(21)15-9-11-16(12-10-15)19(22)23-3/h5-12H,4,13H2,1-3H3. The van der Waals surface area contributed by atoms with Crippen LogP contribution in [0.5, 0.6) is 0 Å². The first-order valence-electron chi connectivity index (χ1n) is 7.59. The van der Waals surface area contributed by atoms with Crippen LogP contribution in [0.3, 0.4) is 0 Å². The summed E-state index contributed by atoms with van der Waals surface area (Å²) in [6.07, 6.45) is 0. The molecule has 120 valence electrons. The molecule has 0 saturated heterocycles. The molecule has 0 aromatic heterocycles. The maximum absolute atomic E-state index is 12.7. The Bertz CT molecular complexity index is 692. The van der Waals surface area contributed by atoms with E-state index in [1.54, 1.807) is 29.2 Å². The van der Waals surface area contributed by atoms with E-state index in [0.717, 1.165) is 5.56 Å². The van der Waals surface area contributed by atoms with E-state index in [-0.39, 0.29) is 5.91 Å². The van der Waals surface area contributed by atoms with E-state index < -0.39 is 5.97 Å². The number of carbonyl (C=O) groups excluding carboxylic acids is 2. The number of esters is 1. The van der Waals surface area contributed by atoms with Crippen LogP contribution in [0.4, 0.5) is 0 Å². The van der Waals surface area contributed by atoms with Gasteiger partial charge in [0.25, 0.3) is 5.91 Å². The van der Waals surface area contributed by atoms with Crippen molar-refractivity contribution in [1.82, 2.24) is 4.90 Å². The summed E-state index contributed by atoms with van der Waals surface area (Å²) in [4.78, 5) is 25.9. The lowest BCUT2D eigenvalue weighted by Crippen LogP contribution is -2.30. The molecule has 0 unspecified atom stereocenters. The van der Waals surface area contributed by atoms with E-state index in [1.165, 1.54) is 12.7 Å². The van der Waals surface area contributed by atoms with Gasteiger partial charge in [0.1, 0.15) is 0 Å². The van der Waals surface area contributed by atoms with Gasteiger partial charge in [-0.1, -0.05) is 24.3 Å². The quantitative estimate of drug-likeness (QED) is 0.795. The monoisotopic (exact) mass is 311 g/mol. The van der Waals surface area contributed by atoms with Crippen molar-refractivity contribution in [3.63, 3.8) is 0 Å². The molecule has 23 heavy (non-hydrogen) atoms. The number of hydrogen-bond acceptors (Lipinski definition) is 3. The molecule has 0 N–H and O–H groups in total. The van der Waals surface area contributed by atoms with Crippen LogP contribution in [0.2, 0.25) is 0 Å². The lowest BCUT2D eigenvalue weighted by Gasteiger charge is -2.22. The highest BCUT2D eigenvalue weighted by atomic mass is 16.5. The second kappa shape index (κ2) is 7.58. The van der Waals surface area contributed by atoms with Crippen molar-refractivity contribution in [2.24, 2.45) is 0 Å². The molecule has 0 fully saturated rings. The number of methoxy groups -OCH3 is 1. The number of carbonyl (C=O) groups is 2. The second-order valence-electron chi connectivity index (χ2n) is 5.31. The van der Waals surface area contributed by atoms with Crippen LogP contribution < -0.4 is 0 Å². The van der Waals surface area contributed by atoms with Crippen molar-refractivity contribution in [2.75, 3.05) is 13.7 Å². The van der Waals surface area contributed by atoms with Gasteiger partial charge < -0.3 is 9.64 Å². The highest BCUT2D eigenvalue weighted by Crippen LogP contribution is 2.14. The molecule has 0 bridgehead atoms. The molecule has 0 atom stereocenters. The minimum absolute atomic E-state index is 0.0489. The topological polar surface area (TPSA) is 46.6 Å². The summed E-state index contributed by atoms with van der Waals surface area (Å²) in [7, 11) is 1.34. The van der Waals surface area contributed by atoms with Crippen LogP contribution in [-0.2, 0) is 11.3 Å². The Kier molecular flexibility index (Phi) is 5.52. The third-order valence-corrected chi connectivity index (χ3v) is 3.84. The average molecular weight is 311 g/mol. The molecular weight excluding hydrogens is 290 g/mol. The average Bonchev–Trinajstić information content (AvgIpc) is 2.60. The Morgan fingerprint density at radius 3 is 2.17 bits per heavy atom. The first-order chi connectivity index (χ1) is 11.1. The van der Waals surface area contributed by atoms with Crippen LogP contribution in [0.1, 0.15) is 38.8 Å². The van der Waals surface area contributed by atoms with Crippen LogP contribution in [0, 0.1) is 6.92 Å². The van der Waals surface area contributed by atoms with Crippen molar-refractivity contribution in [3.05, 3.63) is 70.8 Å². The van der Waals surface area contributed by atoms with Crippen molar-refractivity contribution in [1.29, 1.82) is 0 Å². The number of aryl methyl sites for hydroxylation is 1. The third kappa shape index (κ3) is 3.97. The molecule has 1 amide bonds. The van der Waals surface area contributed by atoms with Crippen LogP contribution >= 0.6 is 0 Å². The van der Waals surface area contributed by atoms with Crippen molar-refractivity contribution in [2.45, 2.75) is 20.4 Å². The highest BCUT2D eigenvalue weighted by Gasteiger charge is 2.16. The first-order valence-corrected chi connectivity index (χ1v) is 7.59. The van der Waals surface area contributed by atoms with Crippen molar-refractivity contribution in [3.8, 4) is 0 Å². The van der Waals surface area contributed by atoms with Crippen molar-refractivity contribution < 1.29 is 14.3 Å². The molecule has 0 heterocycles. The zero-order valence-electron chi connectivity index (χ0n) is 13.7. The molecule has 4 nitrogen and oxygen atoms in total. The van der Waals surface area contributed by atoms with E-state index >= 15 is 0 Å². The fraction of sp³-hybridized carbons (Fsp3) is 0.263. The highest BCUT2D eigenvalue weighted by molar-refractivity contribution is 5.96. The predicted octanol–water partition coefficient (Wildman–Crippen LogP) is 3.44. The largest absolute Gasteiger partial charge is 0.465 e. The Labute approximate surface area is 136 Å². The molecule has 0 radical (unpaired) electrons. The molecule has 0 aliphatic heterocycles. The minimum atomic E-state index is -0.406. The molecule has 4 heteroatoms. The zero-order valence-corrected chi connectivity index (χ0v) is 13.7. The summed E-state index contributed by atoms with van der Waals surface area (Å²) < 4.78 is 4.66. The normalized spacial score (nSPS) is 10.2. The van der Waals surface area contributed by atoms with Gasteiger partial charge in [0.2, 0.25) is 0 Å². The summed E-state index contributed by atoms with van der Waals surface area (Å²) in [6.45, 7) is 5.18. The Morgan fingerprint density at radius 1 is 1.00 bits per heavy atom. The molecule has 0 aliphatic carbocycles. The zero-order chi connectivity index (χ0) is 16.8. The molecule has 2 aromatic rings. The van der Waals surface area contributed by atoms with Gasteiger partial charge in [-0.2, -0.15) is 0 Å². The van der Waals surface area contributed by atoms with Gasteiger partial charge in [0.15, 0.2) is 0 Å². The summed E-state index contributed by atoms with van der Waals surface area (Å²) in [6, 6.07) is 14.6. The number of nitrogens with zero attached hydrogens (tertiary/aromatic N) is 1.